The summed E-state index contributed by atoms with van der Waals surface area (Å²) in [5.41, 5.74) is 12.6. The molecule has 0 saturated carbocycles. The van der Waals surface area contributed by atoms with Gasteiger partial charge >= 0.3 is 5.97 Å². The van der Waals surface area contributed by atoms with Gasteiger partial charge in [0.25, 0.3) is 0 Å². The number of hydrogen-bond donors (Lipinski definition) is 13. The smallest absolute Gasteiger partial charge is 0.326 e. The molecule has 0 aliphatic carbocycles. The summed E-state index contributed by atoms with van der Waals surface area (Å²) in [5, 5.41) is 45.2. The maximum atomic E-state index is 13.6. The van der Waals surface area contributed by atoms with Crippen molar-refractivity contribution < 1.29 is 48.9 Å². The zero-order chi connectivity index (χ0) is 42.8. The van der Waals surface area contributed by atoms with Gasteiger partial charge in [-0.2, -0.15) is 0 Å². The topological polar surface area (TPSA) is 362 Å². The van der Waals surface area contributed by atoms with E-state index in [0.29, 0.717) is 24.2 Å². The van der Waals surface area contributed by atoms with Crippen LogP contribution < -0.4 is 43.4 Å². The second-order valence-electron chi connectivity index (χ2n) is 14.3. The SMILES string of the molecule is CC(C)C[C@H](NC(=O)[C@H](C)NC(=O)[C@@H](NC(=O)[C@@H](N)Cc1cnc[nH]1)[C@@H](C)O)C(=O)N[C@H](C(=O)N[C@@H](CCCCN)C(=O)N[C@@H](Cc1cnc[nH]1)C(=O)O)[C@@H](C)O. The quantitative estimate of drug-likeness (QED) is 0.0428. The molecule has 22 nitrogen and oxygen atoms in total. The Morgan fingerprint density at radius 2 is 1.14 bits per heavy atom. The number of aromatic amines is 2. The van der Waals surface area contributed by atoms with Gasteiger partial charge in [-0.05, 0) is 58.9 Å². The van der Waals surface area contributed by atoms with Crippen molar-refractivity contribution in [2.24, 2.45) is 17.4 Å². The van der Waals surface area contributed by atoms with E-state index in [1.165, 1.54) is 45.8 Å². The molecule has 6 amide bonds. The van der Waals surface area contributed by atoms with Crippen LogP contribution in [0, 0.1) is 5.92 Å². The van der Waals surface area contributed by atoms with Gasteiger partial charge in [0.05, 0.1) is 30.9 Å². The Hall–Kier alpha value is -5.45. The molecular formula is C35H58N12O10. The van der Waals surface area contributed by atoms with Crippen molar-refractivity contribution in [3.05, 3.63) is 36.4 Å². The first-order valence-corrected chi connectivity index (χ1v) is 18.7. The van der Waals surface area contributed by atoms with Crippen LogP contribution in [0.5, 0.6) is 0 Å². The Labute approximate surface area is 329 Å². The number of nitrogens with zero attached hydrogens (tertiary/aromatic N) is 2. The van der Waals surface area contributed by atoms with Crippen molar-refractivity contribution in [2.75, 3.05) is 6.54 Å². The lowest BCUT2D eigenvalue weighted by Gasteiger charge is -2.28. The molecule has 0 unspecified atom stereocenters. The molecule has 9 atom stereocenters. The number of carboxylic acid groups (broad SMARTS) is 1. The van der Waals surface area contributed by atoms with E-state index in [0.717, 1.165) is 0 Å². The molecule has 57 heavy (non-hydrogen) atoms. The van der Waals surface area contributed by atoms with Crippen LogP contribution in [0.15, 0.2) is 25.0 Å². The summed E-state index contributed by atoms with van der Waals surface area (Å²) in [6.45, 7) is 7.63. The lowest BCUT2D eigenvalue weighted by Crippen LogP contribution is -2.62. The molecule has 2 rings (SSSR count). The predicted molar refractivity (Wildman–Crippen MR) is 203 cm³/mol. The number of aromatic nitrogens is 4. The summed E-state index contributed by atoms with van der Waals surface area (Å²) < 4.78 is 0. The number of H-pyrrole nitrogens is 2. The number of nitrogens with two attached hydrogens (primary N) is 2. The van der Waals surface area contributed by atoms with E-state index in [4.69, 9.17) is 11.5 Å². The second kappa shape index (κ2) is 23.6. The average molecular weight is 807 g/mol. The van der Waals surface area contributed by atoms with E-state index >= 15 is 0 Å². The fourth-order valence-corrected chi connectivity index (χ4v) is 5.53. The highest BCUT2D eigenvalue weighted by atomic mass is 16.4. The number of hydrogen-bond acceptors (Lipinski definition) is 13. The first-order chi connectivity index (χ1) is 26.8. The van der Waals surface area contributed by atoms with Crippen LogP contribution in [0.3, 0.4) is 0 Å². The molecule has 0 aliphatic rings. The molecular weight excluding hydrogens is 748 g/mol. The number of aliphatic hydroxyl groups is 2. The van der Waals surface area contributed by atoms with Gasteiger partial charge in [0.15, 0.2) is 0 Å². The van der Waals surface area contributed by atoms with Crippen molar-refractivity contribution in [3.8, 4) is 0 Å². The number of rotatable bonds is 25. The van der Waals surface area contributed by atoms with Crippen molar-refractivity contribution in [3.63, 3.8) is 0 Å². The summed E-state index contributed by atoms with van der Waals surface area (Å²) in [5.74, 6) is -6.64. The minimum Gasteiger partial charge on any atom is -0.480 e. The van der Waals surface area contributed by atoms with Crippen LogP contribution in [0.25, 0.3) is 0 Å². The number of aliphatic hydroxyl groups excluding tert-OH is 2. The highest BCUT2D eigenvalue weighted by Gasteiger charge is 2.35. The highest BCUT2D eigenvalue weighted by Crippen LogP contribution is 2.09. The third-order valence-electron chi connectivity index (χ3n) is 8.72. The summed E-state index contributed by atoms with van der Waals surface area (Å²) >= 11 is 0. The van der Waals surface area contributed by atoms with Crippen molar-refractivity contribution in [1.82, 2.24) is 51.8 Å². The molecule has 0 saturated heterocycles. The molecule has 0 fully saturated rings. The van der Waals surface area contributed by atoms with Gasteiger partial charge in [-0.15, -0.1) is 0 Å². The fraction of sp³-hybridized carbons (Fsp3) is 0.629. The monoisotopic (exact) mass is 806 g/mol. The molecule has 0 bridgehead atoms. The van der Waals surface area contributed by atoms with Crippen molar-refractivity contribution in [2.45, 2.75) is 128 Å². The standard InChI is InChI=1S/C35H58N12O10/c1-17(2)10-25(44-29(50)18(3)42-33(54)27(19(4)48)46-30(51)23(37)11-21-13-38-15-40-21)32(53)47-28(20(5)49)34(55)43-24(8-6-7-9-36)31(52)45-26(35(56)57)12-22-14-39-16-41-22/h13-20,23-28,48-49H,6-12,36-37H2,1-5H3,(H,38,40)(H,39,41)(H,42,54)(H,43,55)(H,44,50)(H,45,52)(H,46,51)(H,47,53)(H,56,57)/t18-,19+,20+,23-,24-,25-,26-,27-,28-/m0/s1. The van der Waals surface area contributed by atoms with E-state index in [9.17, 15) is 48.9 Å². The largest absolute Gasteiger partial charge is 0.480 e. The summed E-state index contributed by atoms with van der Waals surface area (Å²) in [6, 6.07) is -9.42. The fourth-order valence-electron chi connectivity index (χ4n) is 5.53. The van der Waals surface area contributed by atoms with Crippen molar-refractivity contribution in [1.29, 1.82) is 0 Å². The number of aliphatic carboxylic acids is 1. The maximum absolute atomic E-state index is 13.6. The van der Waals surface area contributed by atoms with Gasteiger partial charge < -0.3 is 68.7 Å². The van der Waals surface area contributed by atoms with Crippen LogP contribution in [0.1, 0.15) is 71.7 Å². The van der Waals surface area contributed by atoms with Gasteiger partial charge in [-0.1, -0.05) is 13.8 Å². The molecule has 2 aromatic heterocycles. The average Bonchev–Trinajstić information content (AvgIpc) is 3.85. The van der Waals surface area contributed by atoms with Gasteiger partial charge in [0, 0.05) is 36.6 Å². The van der Waals surface area contributed by atoms with Gasteiger partial charge in [-0.25, -0.2) is 14.8 Å². The second-order valence-corrected chi connectivity index (χ2v) is 14.3. The van der Waals surface area contributed by atoms with Crippen LogP contribution in [0.4, 0.5) is 0 Å². The number of imidazole rings is 2. The maximum Gasteiger partial charge on any atom is 0.326 e. The van der Waals surface area contributed by atoms with Gasteiger partial charge in [-0.3, -0.25) is 28.8 Å². The first kappa shape index (κ1) is 47.7. The third kappa shape index (κ3) is 16.3. The Bertz CT molecular complexity index is 1600. The number of carbonyl (C=O) groups is 7. The van der Waals surface area contributed by atoms with Gasteiger partial charge in [0.2, 0.25) is 35.4 Å². The molecule has 2 heterocycles. The first-order valence-electron chi connectivity index (χ1n) is 18.7. The van der Waals surface area contributed by atoms with Crippen LogP contribution >= 0.6 is 0 Å². The predicted octanol–water partition coefficient (Wildman–Crippen LogP) is -3.80. The van der Waals surface area contributed by atoms with Crippen LogP contribution in [-0.4, -0.2) is 138 Å². The van der Waals surface area contributed by atoms with E-state index in [1.807, 2.05) is 0 Å². The number of unbranched alkanes of at least 4 members (excludes halogenated alkanes) is 1. The minimum absolute atomic E-state index is 0.0544. The molecule has 0 spiro atoms. The summed E-state index contributed by atoms with van der Waals surface area (Å²) in [4.78, 5) is 105. The lowest BCUT2D eigenvalue weighted by atomic mass is 10.0. The van der Waals surface area contributed by atoms with Gasteiger partial charge in [0.1, 0.15) is 36.3 Å². The Kier molecular flexibility index (Phi) is 19.7. The van der Waals surface area contributed by atoms with E-state index in [1.54, 1.807) is 13.8 Å². The highest BCUT2D eigenvalue weighted by molar-refractivity contribution is 5.97. The normalized spacial score (nSPS) is 16.0. The van der Waals surface area contributed by atoms with Crippen LogP contribution in [0.2, 0.25) is 0 Å². The Balaban J connectivity index is 2.14. The van der Waals surface area contributed by atoms with E-state index in [2.05, 4.69) is 51.8 Å². The number of carbonyl (C=O) groups excluding carboxylic acids is 6. The van der Waals surface area contributed by atoms with E-state index < -0.39 is 95.9 Å². The number of nitrogens with one attached hydrogen (secondary N) is 8. The van der Waals surface area contributed by atoms with Crippen LogP contribution in [-0.2, 0) is 46.4 Å². The Morgan fingerprint density at radius 3 is 1.63 bits per heavy atom. The molecule has 22 heteroatoms. The van der Waals surface area contributed by atoms with Crippen molar-refractivity contribution >= 4 is 41.4 Å². The lowest BCUT2D eigenvalue weighted by molar-refractivity contribution is -0.142. The molecule has 0 aliphatic heterocycles. The molecule has 2 aromatic rings. The zero-order valence-electron chi connectivity index (χ0n) is 32.8. The van der Waals surface area contributed by atoms with E-state index in [-0.39, 0.29) is 38.1 Å². The Morgan fingerprint density at radius 1 is 0.649 bits per heavy atom. The third-order valence-corrected chi connectivity index (χ3v) is 8.72. The number of carboxylic acids is 1. The number of amides is 6. The summed E-state index contributed by atoms with van der Waals surface area (Å²) in [6.07, 6.45) is 3.68. The minimum atomic E-state index is -1.62. The molecule has 0 radical (unpaired) electrons. The molecule has 15 N–H and O–H groups in total. The molecule has 0 aromatic carbocycles. The summed E-state index contributed by atoms with van der Waals surface area (Å²) in [7, 11) is 0. The molecule has 318 valence electrons. The zero-order valence-corrected chi connectivity index (χ0v) is 32.8.